The predicted molar refractivity (Wildman–Crippen MR) is 369 cm³/mol. The van der Waals surface area contributed by atoms with Gasteiger partial charge in [0.25, 0.3) is 0 Å². The molecular weight excluding hydrogens is 1140 g/mol. The molecule has 0 bridgehead atoms. The SMILES string of the molecule is COc1cc(-c2cnc3cn[nH]c3c2)cc(C)c1C.COc1cc(C)ccc1-c1ccc2c(c1)N=NC2.Cc1ccc(-c2ccc3c(c2)N=NC3)cc1.Cc1ccc(-c2ccc3nnn(-c4ccc(C)cc4)c3c2)cc1.Cc1ccc(-c2cnc3cn[nH]c3c2)cc1. The average molecular weight is 1210 g/mol. The maximum Gasteiger partial charge on any atom is 0.126 e. The average Bonchev–Trinajstić information content (AvgIpc) is 1.87. The minimum atomic E-state index is 0.695. The van der Waals surface area contributed by atoms with Crippen molar-refractivity contribution in [3.63, 3.8) is 0 Å². The molecule has 15 nitrogen and oxygen atoms in total. The molecule has 2 N–H and O–H groups in total. The molecule has 14 aromatic rings. The molecule has 454 valence electrons. The summed E-state index contributed by atoms with van der Waals surface area (Å²) in [5.41, 5.74) is 31.1. The summed E-state index contributed by atoms with van der Waals surface area (Å²) in [7, 11) is 3.40. The van der Waals surface area contributed by atoms with Crippen LogP contribution in [-0.4, -0.2) is 59.6 Å². The first kappa shape index (κ1) is 60.7. The number of hydrogen-bond donors (Lipinski definition) is 2. The van der Waals surface area contributed by atoms with E-state index in [9.17, 15) is 0 Å². The van der Waals surface area contributed by atoms with Crippen molar-refractivity contribution in [3.05, 3.63) is 269 Å². The predicted octanol–water partition coefficient (Wildman–Crippen LogP) is 19.4. The number of methoxy groups -OCH3 is 2. The molecule has 0 aliphatic carbocycles. The number of azo groups is 2. The molecule has 9 aromatic carbocycles. The molecule has 0 unspecified atom stereocenters. The molecule has 2 aliphatic rings. The Morgan fingerprint density at radius 2 is 0.848 bits per heavy atom. The quantitative estimate of drug-likeness (QED) is 0.151. The highest BCUT2D eigenvalue weighted by Gasteiger charge is 2.15. The van der Waals surface area contributed by atoms with Gasteiger partial charge in [-0.15, -0.1) is 5.10 Å². The summed E-state index contributed by atoms with van der Waals surface area (Å²) in [6.45, 7) is 16.0. The van der Waals surface area contributed by atoms with E-state index >= 15 is 0 Å². The van der Waals surface area contributed by atoms with Crippen LogP contribution in [0, 0.1) is 48.5 Å². The molecule has 0 saturated carbocycles. The molecule has 92 heavy (non-hydrogen) atoms. The molecule has 15 heteroatoms. The normalized spacial score (nSPS) is 11.6. The van der Waals surface area contributed by atoms with Gasteiger partial charge >= 0.3 is 0 Å². The van der Waals surface area contributed by atoms with E-state index < -0.39 is 0 Å². The van der Waals surface area contributed by atoms with Crippen LogP contribution in [0.15, 0.2) is 239 Å². The van der Waals surface area contributed by atoms with Crippen molar-refractivity contribution in [2.75, 3.05) is 14.2 Å². The van der Waals surface area contributed by atoms with Gasteiger partial charge in [0.05, 0.1) is 73.3 Å². The first-order valence-corrected chi connectivity index (χ1v) is 30.4. The standard InChI is InChI=1S/C20H17N3.C15H15N3O.C15H14N2O.C14H12N2.C13H11N3/c1-14-3-7-16(8-4-14)17-9-12-19-20(13-17)23(22-21-19)18-10-5-15(2)6-11-18;1-9-4-11(6-15(19-3)10(9)2)12-5-13-14(16-7-12)8-17-18-13;1-10-3-6-13(15(7-10)18-2)11-4-5-12-9-16-17-14(12)8-11;1-10-2-4-11(5-3-10)12-6-7-13-9-15-16-14(13)8-12;1-9-2-4-10(5-3-9)11-6-12-13(14-7-11)8-15-16-12/h3-13H,1-2H3;4-8H,1-3H3,(H,17,18);3-8H,9H2,1-2H3;2-8H,9H2,1H3;2-8H,1H3,(H,15,16). The molecule has 16 rings (SSSR count). The third kappa shape index (κ3) is 14.0. The van der Waals surface area contributed by atoms with Crippen LogP contribution in [0.5, 0.6) is 11.5 Å². The number of pyridine rings is 2. The lowest BCUT2D eigenvalue weighted by atomic mass is 10.0. The Kier molecular flexibility index (Phi) is 18.1. The summed E-state index contributed by atoms with van der Waals surface area (Å²) in [5, 5.41) is 38.7. The molecule has 0 spiro atoms. The van der Waals surface area contributed by atoms with E-state index in [1.54, 1.807) is 26.6 Å². The molecule has 0 atom stereocenters. The summed E-state index contributed by atoms with van der Waals surface area (Å²) in [4.78, 5) is 8.74. The number of benzene rings is 9. The van der Waals surface area contributed by atoms with E-state index in [1.807, 2.05) is 35.3 Å². The summed E-state index contributed by atoms with van der Waals surface area (Å²) in [6, 6.07) is 67.3. The van der Waals surface area contributed by atoms with Gasteiger partial charge in [0.15, 0.2) is 0 Å². The molecule has 0 fully saturated rings. The number of H-pyrrole nitrogens is 2. The fourth-order valence-corrected chi connectivity index (χ4v) is 10.7. The second-order valence-electron chi connectivity index (χ2n) is 23.0. The lowest BCUT2D eigenvalue weighted by molar-refractivity contribution is 0.411. The topological polar surface area (TPSA) is 182 Å². The first-order chi connectivity index (χ1) is 44.8. The highest BCUT2D eigenvalue weighted by atomic mass is 16.5. The van der Waals surface area contributed by atoms with Crippen LogP contribution in [0.3, 0.4) is 0 Å². The molecular formula is C77H69N13O2. The number of aromatic amines is 2. The minimum Gasteiger partial charge on any atom is -0.496 e. The van der Waals surface area contributed by atoms with Crippen molar-refractivity contribution in [3.8, 4) is 72.8 Å². The van der Waals surface area contributed by atoms with Gasteiger partial charge in [-0.2, -0.15) is 30.7 Å². The summed E-state index contributed by atoms with van der Waals surface area (Å²) in [6.07, 6.45) is 7.19. The number of ether oxygens (including phenoxy) is 2. The van der Waals surface area contributed by atoms with Gasteiger partial charge in [0.2, 0.25) is 0 Å². The Balaban J connectivity index is 0.000000112. The number of fused-ring (bicyclic) bond motifs is 5. The number of aryl methyl sites for hydroxylation is 6. The Morgan fingerprint density at radius 1 is 0.380 bits per heavy atom. The number of nitrogens with one attached hydrogen (secondary N) is 2. The van der Waals surface area contributed by atoms with Crippen molar-refractivity contribution in [2.45, 2.75) is 61.6 Å². The van der Waals surface area contributed by atoms with Crippen LogP contribution in [0.1, 0.15) is 50.1 Å². The van der Waals surface area contributed by atoms with E-state index in [4.69, 9.17) is 9.47 Å². The van der Waals surface area contributed by atoms with Gasteiger partial charge in [0, 0.05) is 40.2 Å². The van der Waals surface area contributed by atoms with Crippen molar-refractivity contribution in [2.24, 2.45) is 20.5 Å². The minimum absolute atomic E-state index is 0.695. The number of hydrogen-bond acceptors (Lipinski definition) is 12. The largest absolute Gasteiger partial charge is 0.496 e. The van der Waals surface area contributed by atoms with Crippen molar-refractivity contribution < 1.29 is 9.47 Å². The van der Waals surface area contributed by atoms with E-state index in [0.717, 1.165) is 96.0 Å². The van der Waals surface area contributed by atoms with Gasteiger partial charge in [-0.3, -0.25) is 20.2 Å². The first-order valence-electron chi connectivity index (χ1n) is 30.4. The molecule has 2 aliphatic heterocycles. The second kappa shape index (κ2) is 27.4. The second-order valence-corrected chi connectivity index (χ2v) is 23.0. The van der Waals surface area contributed by atoms with Crippen LogP contribution in [0.25, 0.3) is 94.4 Å². The Hall–Kier alpha value is -11.6. The number of aromatic nitrogens is 9. The molecule has 0 radical (unpaired) electrons. The molecule has 0 amide bonds. The molecule has 5 aromatic heterocycles. The lowest BCUT2D eigenvalue weighted by Crippen LogP contribution is -1.96. The van der Waals surface area contributed by atoms with Crippen molar-refractivity contribution in [1.82, 2.24) is 45.4 Å². The Bertz CT molecular complexity index is 4970. The van der Waals surface area contributed by atoms with Crippen LogP contribution < -0.4 is 9.47 Å². The van der Waals surface area contributed by atoms with Crippen molar-refractivity contribution >= 4 is 44.5 Å². The van der Waals surface area contributed by atoms with Crippen LogP contribution >= 0.6 is 0 Å². The number of rotatable bonds is 8. The zero-order chi connectivity index (χ0) is 63.7. The summed E-state index contributed by atoms with van der Waals surface area (Å²) in [5.74, 6) is 1.80. The van der Waals surface area contributed by atoms with Crippen molar-refractivity contribution in [1.29, 1.82) is 0 Å². The van der Waals surface area contributed by atoms with E-state index in [0.29, 0.717) is 6.54 Å². The zero-order valence-corrected chi connectivity index (χ0v) is 52.9. The fraction of sp³-hybridized carbons (Fsp3) is 0.143. The zero-order valence-electron chi connectivity index (χ0n) is 52.9. The monoisotopic (exact) mass is 1210 g/mol. The number of nitrogens with zero attached hydrogens (tertiary/aromatic N) is 11. The lowest BCUT2D eigenvalue weighted by Gasteiger charge is -2.11. The third-order valence-electron chi connectivity index (χ3n) is 16.3. The van der Waals surface area contributed by atoms with E-state index in [-0.39, 0.29) is 0 Å². The van der Waals surface area contributed by atoms with E-state index in [2.05, 4.69) is 286 Å². The van der Waals surface area contributed by atoms with Gasteiger partial charge < -0.3 is 9.47 Å². The molecule has 0 saturated heterocycles. The van der Waals surface area contributed by atoms with Gasteiger partial charge in [-0.05, 0) is 165 Å². The summed E-state index contributed by atoms with van der Waals surface area (Å²) >= 11 is 0. The summed E-state index contributed by atoms with van der Waals surface area (Å²) < 4.78 is 12.8. The maximum atomic E-state index is 5.45. The maximum absolute atomic E-state index is 5.45. The van der Waals surface area contributed by atoms with E-state index in [1.165, 1.54) is 77.9 Å². The fourth-order valence-electron chi connectivity index (χ4n) is 10.7. The van der Waals surface area contributed by atoms with Crippen LogP contribution in [0.4, 0.5) is 11.4 Å². The third-order valence-corrected chi connectivity index (χ3v) is 16.3. The Morgan fingerprint density at radius 3 is 1.40 bits per heavy atom. The van der Waals surface area contributed by atoms with Gasteiger partial charge in [0.1, 0.15) is 28.0 Å². The highest BCUT2D eigenvalue weighted by Crippen LogP contribution is 2.37. The highest BCUT2D eigenvalue weighted by molar-refractivity contribution is 5.84. The smallest absolute Gasteiger partial charge is 0.126 e. The van der Waals surface area contributed by atoms with Crippen LogP contribution in [-0.2, 0) is 13.1 Å². The Labute approximate surface area is 534 Å². The molecule has 7 heterocycles. The van der Waals surface area contributed by atoms with Gasteiger partial charge in [-0.1, -0.05) is 161 Å². The van der Waals surface area contributed by atoms with Crippen LogP contribution in [0.2, 0.25) is 0 Å². The van der Waals surface area contributed by atoms with Gasteiger partial charge in [-0.25, -0.2) is 4.68 Å².